The monoisotopic (exact) mass is 621 g/mol. The van der Waals surface area contributed by atoms with Crippen molar-refractivity contribution in [3.63, 3.8) is 0 Å². The number of carbonyl (C=O) groups excluding carboxylic acids is 3. The molecule has 0 bridgehead atoms. The summed E-state index contributed by atoms with van der Waals surface area (Å²) in [6, 6.07) is 24.2. The normalized spacial score (nSPS) is 20.4. The molecule has 0 radical (unpaired) electrons. The van der Waals surface area contributed by atoms with Crippen LogP contribution in [-0.2, 0) is 11.3 Å². The maximum Gasteiger partial charge on any atom is 0.328 e. The number of ether oxygens (including phenoxy) is 3. The van der Waals surface area contributed by atoms with Crippen LogP contribution < -0.4 is 14.2 Å². The van der Waals surface area contributed by atoms with Gasteiger partial charge in [-0.15, -0.1) is 0 Å². The second kappa shape index (κ2) is 12.4. The zero-order chi connectivity index (χ0) is 32.5. The number of nitrogens with zero attached hydrogens (tertiary/aromatic N) is 3. The number of Topliss-reactive ketones (excluding diaryl/α,β-unsaturated/α-hetero) is 1. The van der Waals surface area contributed by atoms with Crippen molar-refractivity contribution in [1.29, 1.82) is 0 Å². The summed E-state index contributed by atoms with van der Waals surface area (Å²) in [4.78, 5) is 57.9. The summed E-state index contributed by atoms with van der Waals surface area (Å²) in [5.74, 6) is -1.93. The minimum Gasteiger partial charge on any atom is -0.497 e. The third-order valence-electron chi connectivity index (χ3n) is 8.73. The predicted octanol–water partition coefficient (Wildman–Crippen LogP) is 5.79. The van der Waals surface area contributed by atoms with E-state index in [0.717, 1.165) is 10.5 Å². The van der Waals surface area contributed by atoms with E-state index in [1.807, 2.05) is 30.3 Å². The second-order valence-electron chi connectivity index (χ2n) is 11.1. The average Bonchev–Trinajstić information content (AvgIpc) is 3.56. The van der Waals surface area contributed by atoms with Gasteiger partial charge in [0.1, 0.15) is 11.8 Å². The standard InChI is InChI=1S/C35H31N3O8/c1-44-24-16-14-22(15-17-24)29-30(33(39)23-12-8-5-9-13-23)31(25-18-27(45-2)28(46-3)19-26(25)38(42)43)37-32(29)34(40)36(35(37)41)20-21-10-6-4-7-11-21/h4-19,29-32H,20H2,1-3H3. The number of imide groups is 1. The van der Waals surface area contributed by atoms with Crippen LogP contribution >= 0.6 is 0 Å². The highest BCUT2D eigenvalue weighted by Gasteiger charge is 2.64. The Morgan fingerprint density at radius 1 is 0.804 bits per heavy atom. The molecule has 4 aromatic rings. The van der Waals surface area contributed by atoms with Crippen LogP contribution in [0.4, 0.5) is 10.5 Å². The lowest BCUT2D eigenvalue weighted by atomic mass is 9.75. The average molecular weight is 622 g/mol. The third kappa shape index (κ3) is 5.09. The predicted molar refractivity (Wildman–Crippen MR) is 167 cm³/mol. The fourth-order valence-corrected chi connectivity index (χ4v) is 6.67. The molecule has 4 atom stereocenters. The summed E-state index contributed by atoms with van der Waals surface area (Å²) in [7, 11) is 4.28. The molecule has 2 aliphatic rings. The lowest BCUT2D eigenvalue weighted by Gasteiger charge is -2.29. The maximum atomic E-state index is 14.6. The Balaban J connectivity index is 1.61. The number of ketones is 1. The van der Waals surface area contributed by atoms with E-state index in [1.165, 1.54) is 38.4 Å². The van der Waals surface area contributed by atoms with Gasteiger partial charge < -0.3 is 19.1 Å². The first-order valence-corrected chi connectivity index (χ1v) is 14.6. The topological polar surface area (TPSA) is 129 Å². The van der Waals surface area contributed by atoms with Crippen molar-refractivity contribution >= 4 is 23.4 Å². The molecule has 46 heavy (non-hydrogen) atoms. The van der Waals surface area contributed by atoms with Crippen molar-refractivity contribution < 1.29 is 33.5 Å². The number of benzene rings is 4. The Labute approximate surface area is 265 Å². The van der Waals surface area contributed by atoms with Crippen LogP contribution in [0.3, 0.4) is 0 Å². The van der Waals surface area contributed by atoms with Gasteiger partial charge in [-0.05, 0) is 29.3 Å². The number of rotatable bonds is 10. The SMILES string of the molecule is COc1ccc(C2C(C(=O)c3ccccc3)C(c3cc(OC)c(OC)cc3[N+](=O)[O-])N3C(=O)N(Cc4ccccc4)C(=O)C23)cc1. The molecule has 11 heteroatoms. The molecule has 2 fully saturated rings. The Bertz CT molecular complexity index is 1800. The molecule has 234 valence electrons. The third-order valence-corrected chi connectivity index (χ3v) is 8.73. The first-order chi connectivity index (χ1) is 22.3. The van der Waals surface area contributed by atoms with Crippen LogP contribution in [0.25, 0.3) is 0 Å². The van der Waals surface area contributed by atoms with Gasteiger partial charge in [-0.1, -0.05) is 72.8 Å². The van der Waals surface area contributed by atoms with E-state index in [1.54, 1.807) is 54.6 Å². The number of methoxy groups -OCH3 is 3. The van der Waals surface area contributed by atoms with E-state index < -0.39 is 40.8 Å². The molecule has 0 saturated carbocycles. The minimum atomic E-state index is -1.21. The van der Waals surface area contributed by atoms with Crippen molar-refractivity contribution in [2.75, 3.05) is 21.3 Å². The molecule has 3 amide bonds. The number of hydrogen-bond donors (Lipinski definition) is 0. The molecule has 11 nitrogen and oxygen atoms in total. The molecule has 6 rings (SSSR count). The van der Waals surface area contributed by atoms with Gasteiger partial charge >= 0.3 is 6.03 Å². The summed E-state index contributed by atoms with van der Waals surface area (Å²) >= 11 is 0. The van der Waals surface area contributed by atoms with E-state index in [4.69, 9.17) is 14.2 Å². The lowest BCUT2D eigenvalue weighted by Crippen LogP contribution is -2.38. The fraction of sp³-hybridized carbons (Fsp3) is 0.229. The van der Waals surface area contributed by atoms with Crippen molar-refractivity contribution in [1.82, 2.24) is 9.80 Å². The van der Waals surface area contributed by atoms with Crippen LogP contribution in [0.15, 0.2) is 97.1 Å². The van der Waals surface area contributed by atoms with Crippen LogP contribution in [0.5, 0.6) is 17.2 Å². The summed E-state index contributed by atoms with van der Waals surface area (Å²) in [5, 5.41) is 12.6. The number of nitro benzene ring substituents is 1. The minimum absolute atomic E-state index is 0.00111. The summed E-state index contributed by atoms with van der Waals surface area (Å²) in [6.07, 6.45) is 0. The Morgan fingerprint density at radius 3 is 2.00 bits per heavy atom. The van der Waals surface area contributed by atoms with Crippen LogP contribution in [-0.4, -0.2) is 59.8 Å². The Kier molecular flexibility index (Phi) is 8.14. The molecule has 2 saturated heterocycles. The van der Waals surface area contributed by atoms with Gasteiger partial charge in [0.15, 0.2) is 17.3 Å². The second-order valence-corrected chi connectivity index (χ2v) is 11.1. The van der Waals surface area contributed by atoms with E-state index in [0.29, 0.717) is 16.9 Å². The molecular formula is C35H31N3O8. The molecule has 0 spiro atoms. The van der Waals surface area contributed by atoms with E-state index >= 15 is 0 Å². The van der Waals surface area contributed by atoms with Crippen molar-refractivity contribution in [2.45, 2.75) is 24.5 Å². The summed E-state index contributed by atoms with van der Waals surface area (Å²) in [6.45, 7) is -0.00111. The van der Waals surface area contributed by atoms with E-state index in [2.05, 4.69) is 0 Å². The van der Waals surface area contributed by atoms with Crippen molar-refractivity contribution in [3.8, 4) is 17.2 Å². The number of hydrogen-bond acceptors (Lipinski definition) is 8. The number of carbonyl (C=O) groups is 3. The highest BCUT2D eigenvalue weighted by Crippen LogP contribution is 2.56. The summed E-state index contributed by atoms with van der Waals surface area (Å²) < 4.78 is 16.2. The summed E-state index contributed by atoms with van der Waals surface area (Å²) in [5.41, 5.74) is 1.38. The van der Waals surface area contributed by atoms with E-state index in [-0.39, 0.29) is 35.1 Å². The van der Waals surface area contributed by atoms with Crippen molar-refractivity contribution in [3.05, 3.63) is 129 Å². The molecule has 4 aromatic carbocycles. The van der Waals surface area contributed by atoms with Crippen LogP contribution in [0.1, 0.15) is 39.0 Å². The highest BCUT2D eigenvalue weighted by molar-refractivity contribution is 6.08. The Morgan fingerprint density at radius 2 is 1.41 bits per heavy atom. The molecule has 0 aromatic heterocycles. The first-order valence-electron chi connectivity index (χ1n) is 14.6. The number of urea groups is 1. The molecule has 2 aliphatic heterocycles. The largest absolute Gasteiger partial charge is 0.497 e. The number of nitro groups is 1. The van der Waals surface area contributed by atoms with Gasteiger partial charge in [0.05, 0.1) is 56.4 Å². The molecular weight excluding hydrogens is 590 g/mol. The molecule has 0 aliphatic carbocycles. The first kappa shape index (κ1) is 30.3. The van der Waals surface area contributed by atoms with E-state index in [9.17, 15) is 24.5 Å². The maximum absolute atomic E-state index is 14.6. The Hall–Kier alpha value is -5.71. The van der Waals surface area contributed by atoms with Gasteiger partial charge in [-0.2, -0.15) is 0 Å². The smallest absolute Gasteiger partial charge is 0.328 e. The molecule has 4 unspecified atom stereocenters. The molecule has 0 N–H and O–H groups in total. The van der Waals surface area contributed by atoms with Gasteiger partial charge in [0, 0.05) is 11.5 Å². The lowest BCUT2D eigenvalue weighted by molar-refractivity contribution is -0.386. The fourth-order valence-electron chi connectivity index (χ4n) is 6.67. The quantitative estimate of drug-likeness (QED) is 0.0942. The van der Waals surface area contributed by atoms with Gasteiger partial charge in [0.25, 0.3) is 11.6 Å². The molecule has 2 heterocycles. The van der Waals surface area contributed by atoms with Gasteiger partial charge in [-0.25, -0.2) is 4.79 Å². The van der Waals surface area contributed by atoms with Crippen LogP contribution in [0, 0.1) is 16.0 Å². The van der Waals surface area contributed by atoms with Gasteiger partial charge in [-0.3, -0.25) is 24.6 Å². The van der Waals surface area contributed by atoms with Gasteiger partial charge in [0.2, 0.25) is 0 Å². The number of amides is 3. The zero-order valence-electron chi connectivity index (χ0n) is 25.4. The zero-order valence-corrected chi connectivity index (χ0v) is 25.4. The highest BCUT2D eigenvalue weighted by atomic mass is 16.6. The van der Waals surface area contributed by atoms with Crippen molar-refractivity contribution in [2.24, 2.45) is 5.92 Å². The van der Waals surface area contributed by atoms with Crippen LogP contribution in [0.2, 0.25) is 0 Å². The number of fused-ring (bicyclic) bond motifs is 1.